The molecule has 0 saturated heterocycles. The van der Waals surface area contributed by atoms with Crippen LogP contribution in [0, 0.1) is 0 Å². The molecule has 1 unspecified atom stereocenters. The van der Waals surface area contributed by atoms with Gasteiger partial charge in [-0.1, -0.05) is 5.16 Å². The first-order valence-corrected chi connectivity index (χ1v) is 4.91. The van der Waals surface area contributed by atoms with E-state index in [1.165, 1.54) is 18.3 Å². The summed E-state index contributed by atoms with van der Waals surface area (Å²) in [7, 11) is 0. The highest BCUT2D eigenvalue weighted by atomic mass is 19.3. The number of hydrogen-bond acceptors (Lipinski definition) is 5. The summed E-state index contributed by atoms with van der Waals surface area (Å²) in [4.78, 5) is 7.55. The minimum atomic E-state index is -2.63. The van der Waals surface area contributed by atoms with Gasteiger partial charge in [-0.25, -0.2) is 8.78 Å². The van der Waals surface area contributed by atoms with Gasteiger partial charge in [-0.2, -0.15) is 4.98 Å². The number of nitrogens with two attached hydrogens (primary N) is 1. The standard InChI is InChI=1S/C10H10F2N4O/c1-5(13)10-15-9(16-17-10)6-2-3-14-7(4-6)8(11)12/h2-5,8H,13H2,1H3. The number of pyridine rings is 1. The maximum atomic E-state index is 12.4. The Hall–Kier alpha value is -1.89. The molecule has 1 atom stereocenters. The molecular weight excluding hydrogens is 230 g/mol. The molecule has 0 fully saturated rings. The van der Waals surface area contributed by atoms with Crippen molar-refractivity contribution in [1.82, 2.24) is 15.1 Å². The molecule has 5 nitrogen and oxygen atoms in total. The minimum absolute atomic E-state index is 0.224. The van der Waals surface area contributed by atoms with Gasteiger partial charge in [0.25, 0.3) is 6.43 Å². The van der Waals surface area contributed by atoms with Crippen molar-refractivity contribution in [3.8, 4) is 11.4 Å². The largest absolute Gasteiger partial charge is 0.337 e. The van der Waals surface area contributed by atoms with Crippen molar-refractivity contribution in [3.05, 3.63) is 29.9 Å². The Morgan fingerprint density at radius 2 is 2.18 bits per heavy atom. The van der Waals surface area contributed by atoms with Crippen molar-refractivity contribution in [2.45, 2.75) is 19.4 Å². The van der Waals surface area contributed by atoms with Gasteiger partial charge in [0.2, 0.25) is 11.7 Å². The lowest BCUT2D eigenvalue weighted by Crippen LogP contribution is -2.04. The summed E-state index contributed by atoms with van der Waals surface area (Å²) < 4.78 is 29.8. The summed E-state index contributed by atoms with van der Waals surface area (Å²) in [5.74, 6) is 0.483. The molecule has 2 aromatic rings. The first kappa shape index (κ1) is 11.6. The fourth-order valence-electron chi connectivity index (χ4n) is 1.24. The monoisotopic (exact) mass is 240 g/mol. The van der Waals surface area contributed by atoms with Crippen LogP contribution in [0.2, 0.25) is 0 Å². The lowest BCUT2D eigenvalue weighted by molar-refractivity contribution is 0.146. The fraction of sp³-hybridized carbons (Fsp3) is 0.300. The molecule has 0 bridgehead atoms. The molecule has 0 aliphatic carbocycles. The van der Waals surface area contributed by atoms with Crippen LogP contribution in [0.25, 0.3) is 11.4 Å². The second kappa shape index (κ2) is 4.54. The molecule has 0 aromatic carbocycles. The molecule has 0 aliphatic rings. The van der Waals surface area contributed by atoms with Gasteiger partial charge in [-0.05, 0) is 19.1 Å². The quantitative estimate of drug-likeness (QED) is 0.888. The van der Waals surface area contributed by atoms with Crippen LogP contribution in [0.3, 0.4) is 0 Å². The van der Waals surface area contributed by atoms with E-state index < -0.39 is 12.5 Å². The van der Waals surface area contributed by atoms with Crippen LogP contribution in [0.5, 0.6) is 0 Å². The minimum Gasteiger partial charge on any atom is -0.337 e. The second-order valence-electron chi connectivity index (χ2n) is 3.51. The highest BCUT2D eigenvalue weighted by Gasteiger charge is 2.14. The highest BCUT2D eigenvalue weighted by molar-refractivity contribution is 5.54. The summed E-state index contributed by atoms with van der Waals surface area (Å²) in [5.41, 5.74) is 5.65. The summed E-state index contributed by atoms with van der Waals surface area (Å²) in [6, 6.07) is 2.36. The zero-order chi connectivity index (χ0) is 12.4. The third-order valence-electron chi connectivity index (χ3n) is 2.09. The van der Waals surface area contributed by atoms with E-state index in [2.05, 4.69) is 15.1 Å². The number of rotatable bonds is 3. The summed E-state index contributed by atoms with van der Waals surface area (Å²) in [6.07, 6.45) is -1.35. The van der Waals surface area contributed by atoms with Gasteiger partial charge in [-0.15, -0.1) is 0 Å². The summed E-state index contributed by atoms with van der Waals surface area (Å²) in [6.45, 7) is 1.69. The topological polar surface area (TPSA) is 77.8 Å². The van der Waals surface area contributed by atoms with Crippen molar-refractivity contribution in [2.24, 2.45) is 5.73 Å². The van der Waals surface area contributed by atoms with Crippen molar-refractivity contribution in [3.63, 3.8) is 0 Å². The van der Waals surface area contributed by atoms with Crippen LogP contribution in [0.1, 0.15) is 31.0 Å². The van der Waals surface area contributed by atoms with Crippen LogP contribution in [-0.2, 0) is 0 Å². The third kappa shape index (κ3) is 2.44. The SMILES string of the molecule is CC(N)c1nc(-c2ccnc(C(F)F)c2)no1. The number of aromatic nitrogens is 3. The molecule has 0 radical (unpaired) electrons. The molecule has 90 valence electrons. The zero-order valence-electron chi connectivity index (χ0n) is 8.97. The van der Waals surface area contributed by atoms with Crippen LogP contribution < -0.4 is 5.73 Å². The van der Waals surface area contributed by atoms with E-state index >= 15 is 0 Å². The number of halogens is 2. The van der Waals surface area contributed by atoms with Crippen molar-refractivity contribution >= 4 is 0 Å². The lowest BCUT2D eigenvalue weighted by atomic mass is 10.2. The van der Waals surface area contributed by atoms with E-state index in [4.69, 9.17) is 10.3 Å². The molecule has 0 spiro atoms. The van der Waals surface area contributed by atoms with Gasteiger partial charge >= 0.3 is 0 Å². The lowest BCUT2D eigenvalue weighted by Gasteiger charge is -1.99. The first-order chi connectivity index (χ1) is 8.08. The molecule has 2 heterocycles. The van der Waals surface area contributed by atoms with Gasteiger partial charge in [0.1, 0.15) is 5.69 Å². The van der Waals surface area contributed by atoms with Gasteiger partial charge in [0, 0.05) is 11.8 Å². The Morgan fingerprint density at radius 1 is 1.41 bits per heavy atom. The van der Waals surface area contributed by atoms with Gasteiger partial charge in [0.05, 0.1) is 6.04 Å². The Kier molecular flexibility index (Phi) is 3.10. The van der Waals surface area contributed by atoms with Gasteiger partial charge in [0.15, 0.2) is 0 Å². The normalized spacial score (nSPS) is 13.0. The van der Waals surface area contributed by atoms with Gasteiger partial charge < -0.3 is 10.3 Å². The molecule has 0 aliphatic heterocycles. The predicted molar refractivity (Wildman–Crippen MR) is 55.1 cm³/mol. The average molecular weight is 240 g/mol. The zero-order valence-corrected chi connectivity index (χ0v) is 8.97. The van der Waals surface area contributed by atoms with E-state index in [-0.39, 0.29) is 17.4 Å². The fourth-order valence-corrected chi connectivity index (χ4v) is 1.24. The number of nitrogens with zero attached hydrogens (tertiary/aromatic N) is 3. The van der Waals surface area contributed by atoms with Crippen molar-refractivity contribution < 1.29 is 13.3 Å². The van der Waals surface area contributed by atoms with Crippen molar-refractivity contribution in [1.29, 1.82) is 0 Å². The number of alkyl halides is 2. The third-order valence-corrected chi connectivity index (χ3v) is 2.09. The number of hydrogen-bond donors (Lipinski definition) is 1. The average Bonchev–Trinajstić information content (AvgIpc) is 2.78. The van der Waals surface area contributed by atoms with Gasteiger partial charge in [-0.3, -0.25) is 4.98 Å². The maximum absolute atomic E-state index is 12.4. The summed E-state index contributed by atoms with van der Waals surface area (Å²) >= 11 is 0. The van der Waals surface area contributed by atoms with E-state index in [0.29, 0.717) is 5.56 Å². The smallest absolute Gasteiger partial charge is 0.280 e. The molecule has 0 saturated carbocycles. The van der Waals surface area contributed by atoms with Crippen LogP contribution >= 0.6 is 0 Å². The highest BCUT2D eigenvalue weighted by Crippen LogP contribution is 2.22. The molecule has 17 heavy (non-hydrogen) atoms. The van der Waals surface area contributed by atoms with Crippen LogP contribution in [-0.4, -0.2) is 15.1 Å². The Morgan fingerprint density at radius 3 is 2.76 bits per heavy atom. The first-order valence-electron chi connectivity index (χ1n) is 4.91. The Balaban J connectivity index is 2.35. The molecule has 0 amide bonds. The van der Waals surface area contributed by atoms with E-state index in [9.17, 15) is 8.78 Å². The van der Waals surface area contributed by atoms with E-state index in [1.54, 1.807) is 6.92 Å². The van der Waals surface area contributed by atoms with E-state index in [1.807, 2.05) is 0 Å². The van der Waals surface area contributed by atoms with Crippen LogP contribution in [0.4, 0.5) is 8.78 Å². The molecule has 2 aromatic heterocycles. The Bertz CT molecular complexity index is 513. The molecule has 2 N–H and O–H groups in total. The second-order valence-corrected chi connectivity index (χ2v) is 3.51. The molecule has 2 rings (SSSR count). The summed E-state index contributed by atoms with van der Waals surface area (Å²) in [5, 5.41) is 3.67. The van der Waals surface area contributed by atoms with Crippen molar-refractivity contribution in [2.75, 3.05) is 0 Å². The molecular formula is C10H10F2N4O. The Labute approximate surface area is 95.7 Å². The molecule has 7 heteroatoms. The van der Waals surface area contributed by atoms with E-state index in [0.717, 1.165) is 0 Å². The predicted octanol–water partition coefficient (Wildman–Crippen LogP) is 2.09. The van der Waals surface area contributed by atoms with Crippen LogP contribution in [0.15, 0.2) is 22.9 Å². The maximum Gasteiger partial charge on any atom is 0.280 e.